The summed E-state index contributed by atoms with van der Waals surface area (Å²) in [5, 5.41) is 3.86. The van der Waals surface area contributed by atoms with Gasteiger partial charge < -0.3 is 4.90 Å². The summed E-state index contributed by atoms with van der Waals surface area (Å²) in [4.78, 5) is 26.1. The zero-order valence-electron chi connectivity index (χ0n) is 11.5. The minimum atomic E-state index is -0.537. The number of aromatic nitrogens is 2. The van der Waals surface area contributed by atoms with Crippen LogP contribution in [0.3, 0.4) is 0 Å². The van der Waals surface area contributed by atoms with Crippen LogP contribution in [0.25, 0.3) is 0 Å². The van der Waals surface area contributed by atoms with E-state index in [-0.39, 0.29) is 34.6 Å². The van der Waals surface area contributed by atoms with Crippen molar-refractivity contribution in [2.75, 3.05) is 0 Å². The summed E-state index contributed by atoms with van der Waals surface area (Å²) in [6.45, 7) is 3.95. The Labute approximate surface area is 127 Å². The molecule has 1 aromatic heterocycles. The smallest absolute Gasteiger partial charge is 0.287 e. The molecular weight excluding hydrogens is 301 g/mol. The molecule has 110 valence electrons. The average molecular weight is 318 g/mol. The van der Waals surface area contributed by atoms with Crippen molar-refractivity contribution >= 4 is 29.1 Å². The van der Waals surface area contributed by atoms with Gasteiger partial charge in [-0.2, -0.15) is 5.10 Å². The first kappa shape index (κ1) is 15.3. The fraction of sp³-hybridized carbons (Fsp3) is 0.615. The predicted molar refractivity (Wildman–Crippen MR) is 78.1 cm³/mol. The maximum atomic E-state index is 12.4. The van der Waals surface area contributed by atoms with E-state index in [1.807, 2.05) is 18.7 Å². The van der Waals surface area contributed by atoms with Crippen LogP contribution in [0.1, 0.15) is 33.1 Å². The molecule has 0 spiro atoms. The summed E-state index contributed by atoms with van der Waals surface area (Å²) in [5.74, 6) is -0.113. The van der Waals surface area contributed by atoms with Gasteiger partial charge in [-0.15, -0.1) is 0 Å². The van der Waals surface area contributed by atoms with Gasteiger partial charge in [0, 0.05) is 12.1 Å². The summed E-state index contributed by atoms with van der Waals surface area (Å²) >= 11 is 11.5. The minimum absolute atomic E-state index is 0.0973. The van der Waals surface area contributed by atoms with Crippen LogP contribution in [-0.2, 0) is 11.3 Å². The maximum Gasteiger partial charge on any atom is 0.287 e. The Bertz CT molecular complexity index is 563. The third-order valence-electron chi connectivity index (χ3n) is 3.71. The molecule has 2 atom stereocenters. The summed E-state index contributed by atoms with van der Waals surface area (Å²) < 4.78 is 1.06. The summed E-state index contributed by atoms with van der Waals surface area (Å²) in [6.07, 6.45) is 4.37. The molecule has 0 aromatic carbocycles. The molecule has 1 amide bonds. The van der Waals surface area contributed by atoms with Crippen LogP contribution in [0.15, 0.2) is 11.0 Å². The molecule has 1 aliphatic rings. The van der Waals surface area contributed by atoms with E-state index < -0.39 is 5.56 Å². The molecule has 0 N–H and O–H groups in total. The van der Waals surface area contributed by atoms with Crippen molar-refractivity contribution in [1.29, 1.82) is 0 Å². The first-order valence-corrected chi connectivity index (χ1v) is 7.39. The number of hydrogen-bond donors (Lipinski definition) is 0. The molecule has 5 nitrogen and oxygen atoms in total. The number of rotatable bonds is 2. The number of halogens is 2. The van der Waals surface area contributed by atoms with Gasteiger partial charge in [-0.3, -0.25) is 9.59 Å². The molecule has 1 fully saturated rings. The molecular formula is C13H17Cl2N3O2. The second-order valence-electron chi connectivity index (χ2n) is 5.20. The molecule has 0 bridgehead atoms. The van der Waals surface area contributed by atoms with Crippen molar-refractivity contribution in [3.05, 3.63) is 26.6 Å². The second-order valence-corrected chi connectivity index (χ2v) is 5.98. The fourth-order valence-corrected chi connectivity index (χ4v) is 2.95. The van der Waals surface area contributed by atoms with Crippen molar-refractivity contribution in [1.82, 2.24) is 14.7 Å². The monoisotopic (exact) mass is 317 g/mol. The molecule has 7 heteroatoms. The molecule has 2 rings (SSSR count). The van der Waals surface area contributed by atoms with E-state index >= 15 is 0 Å². The number of carbonyl (C=O) groups is 1. The molecule has 0 radical (unpaired) electrons. The molecule has 20 heavy (non-hydrogen) atoms. The van der Waals surface area contributed by atoms with E-state index in [0.29, 0.717) is 0 Å². The molecule has 0 saturated carbocycles. The number of nitrogens with zero attached hydrogens (tertiary/aromatic N) is 3. The van der Waals surface area contributed by atoms with Crippen molar-refractivity contribution in [2.45, 2.75) is 51.7 Å². The lowest BCUT2D eigenvalue weighted by atomic mass is 9.97. The Hall–Kier alpha value is -1.07. The predicted octanol–water partition coefficient (Wildman–Crippen LogP) is 2.34. The number of carbonyl (C=O) groups excluding carboxylic acids is 1. The first-order chi connectivity index (χ1) is 9.41. The fourth-order valence-electron chi connectivity index (χ4n) is 2.68. The average Bonchev–Trinajstić information content (AvgIpc) is 2.39. The van der Waals surface area contributed by atoms with Crippen LogP contribution in [0.4, 0.5) is 0 Å². The van der Waals surface area contributed by atoms with Crippen LogP contribution in [0.5, 0.6) is 0 Å². The van der Waals surface area contributed by atoms with E-state index in [0.717, 1.165) is 23.9 Å². The van der Waals surface area contributed by atoms with Gasteiger partial charge in [-0.25, -0.2) is 4.68 Å². The zero-order chi connectivity index (χ0) is 14.9. The number of likely N-dealkylation sites (tertiary alicyclic amines) is 1. The van der Waals surface area contributed by atoms with Gasteiger partial charge in [0.1, 0.15) is 11.6 Å². The third-order valence-corrected chi connectivity index (χ3v) is 4.46. The Morgan fingerprint density at radius 1 is 1.35 bits per heavy atom. The van der Waals surface area contributed by atoms with E-state index in [1.165, 1.54) is 6.20 Å². The Morgan fingerprint density at radius 2 is 1.95 bits per heavy atom. The molecule has 1 saturated heterocycles. The van der Waals surface area contributed by atoms with Crippen LogP contribution in [-0.4, -0.2) is 32.7 Å². The van der Waals surface area contributed by atoms with Crippen LogP contribution in [0, 0.1) is 0 Å². The van der Waals surface area contributed by atoms with Crippen molar-refractivity contribution in [3.63, 3.8) is 0 Å². The summed E-state index contributed by atoms with van der Waals surface area (Å²) in [6, 6.07) is 0.370. The lowest BCUT2D eigenvalue weighted by molar-refractivity contribution is -0.138. The zero-order valence-corrected chi connectivity index (χ0v) is 13.0. The number of amides is 1. The quantitative estimate of drug-likeness (QED) is 0.841. The topological polar surface area (TPSA) is 55.2 Å². The van der Waals surface area contributed by atoms with Gasteiger partial charge in [0.25, 0.3) is 5.56 Å². The van der Waals surface area contributed by atoms with Crippen molar-refractivity contribution < 1.29 is 4.79 Å². The highest BCUT2D eigenvalue weighted by molar-refractivity contribution is 6.41. The largest absolute Gasteiger partial charge is 0.336 e. The highest BCUT2D eigenvalue weighted by Gasteiger charge is 2.29. The summed E-state index contributed by atoms with van der Waals surface area (Å²) in [7, 11) is 0. The lowest BCUT2D eigenvalue weighted by Gasteiger charge is -2.39. The van der Waals surface area contributed by atoms with Crippen LogP contribution >= 0.6 is 23.2 Å². The van der Waals surface area contributed by atoms with Gasteiger partial charge in [0.15, 0.2) is 0 Å². The Morgan fingerprint density at radius 3 is 2.55 bits per heavy atom. The highest BCUT2D eigenvalue weighted by atomic mass is 35.5. The number of piperidine rings is 1. The molecule has 2 heterocycles. The SMILES string of the molecule is CC1CCCC(C)N1C(=O)Cn1ncc(Cl)c(Cl)c1=O. The van der Waals surface area contributed by atoms with Crippen molar-refractivity contribution in [3.8, 4) is 0 Å². The minimum Gasteiger partial charge on any atom is -0.336 e. The third kappa shape index (κ3) is 2.99. The normalized spacial score (nSPS) is 22.9. The van der Waals surface area contributed by atoms with Crippen LogP contribution in [0.2, 0.25) is 10.0 Å². The summed E-state index contributed by atoms with van der Waals surface area (Å²) in [5.41, 5.74) is -0.537. The van der Waals surface area contributed by atoms with E-state index in [1.54, 1.807) is 0 Å². The highest BCUT2D eigenvalue weighted by Crippen LogP contribution is 2.22. The van der Waals surface area contributed by atoms with E-state index in [9.17, 15) is 9.59 Å². The van der Waals surface area contributed by atoms with Gasteiger partial charge in [0.05, 0.1) is 11.2 Å². The standard InChI is InChI=1S/C13H17Cl2N3O2/c1-8-4-3-5-9(2)18(8)11(19)7-17-13(20)12(15)10(14)6-16-17/h6,8-9H,3-5,7H2,1-2H3. The maximum absolute atomic E-state index is 12.4. The lowest BCUT2D eigenvalue weighted by Crippen LogP contribution is -2.49. The van der Waals surface area contributed by atoms with Crippen molar-refractivity contribution in [2.24, 2.45) is 0 Å². The van der Waals surface area contributed by atoms with Crippen LogP contribution < -0.4 is 5.56 Å². The molecule has 2 unspecified atom stereocenters. The molecule has 1 aliphatic heterocycles. The van der Waals surface area contributed by atoms with Gasteiger partial charge in [0.2, 0.25) is 5.91 Å². The number of hydrogen-bond acceptors (Lipinski definition) is 3. The Kier molecular flexibility index (Phi) is 4.70. The van der Waals surface area contributed by atoms with Gasteiger partial charge >= 0.3 is 0 Å². The van der Waals surface area contributed by atoms with Gasteiger partial charge in [-0.1, -0.05) is 23.2 Å². The Balaban J connectivity index is 2.19. The second kappa shape index (κ2) is 6.14. The molecule has 1 aromatic rings. The first-order valence-electron chi connectivity index (χ1n) is 6.64. The van der Waals surface area contributed by atoms with E-state index in [2.05, 4.69) is 5.10 Å². The van der Waals surface area contributed by atoms with Gasteiger partial charge in [-0.05, 0) is 33.1 Å². The van der Waals surface area contributed by atoms with E-state index in [4.69, 9.17) is 23.2 Å². The molecule has 0 aliphatic carbocycles.